The highest BCUT2D eigenvalue weighted by atomic mass is 16.5. The standard InChI is InChI=1S/C19H16N2O4/c1-24-13-9-7-12(17(11-13)25-2)8-10-16(22)18-20-15-6-4-3-5-14(15)19(23)21-18/h3-11H,1-2H3,(H,20,21,23)/b10-8+. The Morgan fingerprint density at radius 3 is 2.68 bits per heavy atom. The Labute approximate surface area is 143 Å². The predicted molar refractivity (Wildman–Crippen MR) is 95.3 cm³/mol. The summed E-state index contributed by atoms with van der Waals surface area (Å²) in [6, 6.07) is 12.1. The first-order valence-corrected chi connectivity index (χ1v) is 7.56. The van der Waals surface area contributed by atoms with E-state index in [2.05, 4.69) is 9.97 Å². The molecule has 0 spiro atoms. The highest BCUT2D eigenvalue weighted by Crippen LogP contribution is 2.25. The fourth-order valence-electron chi connectivity index (χ4n) is 2.40. The average molecular weight is 336 g/mol. The van der Waals surface area contributed by atoms with Crippen molar-refractivity contribution in [1.82, 2.24) is 9.97 Å². The normalized spacial score (nSPS) is 11.0. The lowest BCUT2D eigenvalue weighted by Gasteiger charge is -2.07. The number of rotatable bonds is 5. The van der Waals surface area contributed by atoms with Crippen LogP contribution in [0.25, 0.3) is 17.0 Å². The van der Waals surface area contributed by atoms with Crippen LogP contribution in [-0.4, -0.2) is 30.0 Å². The average Bonchev–Trinajstić information content (AvgIpc) is 2.65. The zero-order chi connectivity index (χ0) is 17.8. The molecule has 0 unspecified atom stereocenters. The molecule has 2 aromatic carbocycles. The van der Waals surface area contributed by atoms with Crippen LogP contribution in [0, 0.1) is 0 Å². The molecule has 0 fully saturated rings. The van der Waals surface area contributed by atoms with E-state index in [1.165, 1.54) is 13.2 Å². The quantitative estimate of drug-likeness (QED) is 0.572. The van der Waals surface area contributed by atoms with Gasteiger partial charge in [0.1, 0.15) is 11.5 Å². The maximum atomic E-state index is 12.4. The van der Waals surface area contributed by atoms with Crippen LogP contribution >= 0.6 is 0 Å². The smallest absolute Gasteiger partial charge is 0.259 e. The molecule has 1 heterocycles. The van der Waals surface area contributed by atoms with Gasteiger partial charge < -0.3 is 14.5 Å². The summed E-state index contributed by atoms with van der Waals surface area (Å²) in [4.78, 5) is 31.1. The van der Waals surface area contributed by atoms with Gasteiger partial charge in [-0.15, -0.1) is 0 Å². The van der Waals surface area contributed by atoms with Crippen LogP contribution in [0.15, 0.2) is 53.3 Å². The summed E-state index contributed by atoms with van der Waals surface area (Å²) in [5.41, 5.74) is 0.842. The summed E-state index contributed by atoms with van der Waals surface area (Å²) >= 11 is 0. The first kappa shape index (κ1) is 16.4. The lowest BCUT2D eigenvalue weighted by Crippen LogP contribution is -2.14. The molecule has 0 amide bonds. The van der Waals surface area contributed by atoms with Gasteiger partial charge in [-0.3, -0.25) is 9.59 Å². The van der Waals surface area contributed by atoms with E-state index in [0.717, 1.165) is 0 Å². The summed E-state index contributed by atoms with van der Waals surface area (Å²) in [5, 5.41) is 0.444. The third-order valence-electron chi connectivity index (χ3n) is 3.70. The molecule has 0 saturated heterocycles. The predicted octanol–water partition coefficient (Wildman–Crippen LogP) is 2.84. The van der Waals surface area contributed by atoms with Crippen molar-refractivity contribution in [2.45, 2.75) is 0 Å². The van der Waals surface area contributed by atoms with E-state index in [1.54, 1.807) is 55.7 Å². The van der Waals surface area contributed by atoms with Crippen molar-refractivity contribution in [3.05, 3.63) is 70.3 Å². The summed E-state index contributed by atoms with van der Waals surface area (Å²) in [7, 11) is 3.10. The van der Waals surface area contributed by atoms with Crippen LogP contribution < -0.4 is 15.0 Å². The van der Waals surface area contributed by atoms with Crippen molar-refractivity contribution < 1.29 is 14.3 Å². The number of ether oxygens (including phenoxy) is 2. The fraction of sp³-hybridized carbons (Fsp3) is 0.105. The number of benzene rings is 2. The van der Waals surface area contributed by atoms with Gasteiger partial charge in [-0.1, -0.05) is 12.1 Å². The molecular formula is C19H16N2O4. The van der Waals surface area contributed by atoms with Gasteiger partial charge in [0, 0.05) is 11.6 Å². The minimum Gasteiger partial charge on any atom is -0.497 e. The Morgan fingerprint density at radius 1 is 1.12 bits per heavy atom. The number of methoxy groups -OCH3 is 2. The third-order valence-corrected chi connectivity index (χ3v) is 3.70. The topological polar surface area (TPSA) is 81.3 Å². The molecule has 0 aliphatic rings. The minimum atomic E-state index is -0.402. The monoisotopic (exact) mass is 336 g/mol. The van der Waals surface area contributed by atoms with Crippen LogP contribution in [0.4, 0.5) is 0 Å². The molecule has 1 aromatic heterocycles. The maximum absolute atomic E-state index is 12.4. The van der Waals surface area contributed by atoms with Crippen molar-refractivity contribution in [2.24, 2.45) is 0 Å². The van der Waals surface area contributed by atoms with Crippen LogP contribution in [0.3, 0.4) is 0 Å². The number of H-pyrrole nitrogens is 1. The summed E-state index contributed by atoms with van der Waals surface area (Å²) in [6.07, 6.45) is 2.95. The molecule has 1 N–H and O–H groups in total. The van der Waals surface area contributed by atoms with Gasteiger partial charge in [0.15, 0.2) is 5.82 Å². The van der Waals surface area contributed by atoms with E-state index in [4.69, 9.17) is 9.47 Å². The SMILES string of the molecule is COc1ccc(/C=C/C(=O)c2nc3ccccc3c(=O)[nH]2)c(OC)c1. The number of para-hydroxylation sites is 1. The van der Waals surface area contributed by atoms with Crippen LogP contribution in [-0.2, 0) is 0 Å². The number of carbonyl (C=O) groups excluding carboxylic acids is 1. The van der Waals surface area contributed by atoms with Crippen molar-refractivity contribution in [3.63, 3.8) is 0 Å². The van der Waals surface area contributed by atoms with Gasteiger partial charge >= 0.3 is 0 Å². The number of nitrogens with zero attached hydrogens (tertiary/aromatic N) is 1. The number of aromatic amines is 1. The molecule has 25 heavy (non-hydrogen) atoms. The van der Waals surface area contributed by atoms with E-state index >= 15 is 0 Å². The number of hydrogen-bond donors (Lipinski definition) is 1. The van der Waals surface area contributed by atoms with E-state index in [1.807, 2.05) is 0 Å². The van der Waals surface area contributed by atoms with Gasteiger partial charge in [0.2, 0.25) is 5.78 Å². The van der Waals surface area contributed by atoms with Gasteiger partial charge in [-0.2, -0.15) is 0 Å². The van der Waals surface area contributed by atoms with Gasteiger partial charge in [-0.25, -0.2) is 4.98 Å². The molecular weight excluding hydrogens is 320 g/mol. The Hall–Kier alpha value is -3.41. The number of allylic oxidation sites excluding steroid dienone is 1. The summed E-state index contributed by atoms with van der Waals surface area (Å²) < 4.78 is 10.4. The zero-order valence-electron chi connectivity index (χ0n) is 13.8. The fourth-order valence-corrected chi connectivity index (χ4v) is 2.40. The van der Waals surface area contributed by atoms with Gasteiger partial charge in [0.25, 0.3) is 5.56 Å². The lowest BCUT2D eigenvalue weighted by atomic mass is 10.1. The number of ketones is 1. The summed E-state index contributed by atoms with van der Waals surface area (Å²) in [6.45, 7) is 0. The van der Waals surface area contributed by atoms with Crippen LogP contribution in [0.5, 0.6) is 11.5 Å². The molecule has 0 bridgehead atoms. The van der Waals surface area contributed by atoms with E-state index in [-0.39, 0.29) is 11.4 Å². The van der Waals surface area contributed by atoms with Crippen molar-refractivity contribution in [3.8, 4) is 11.5 Å². The molecule has 0 atom stereocenters. The highest BCUT2D eigenvalue weighted by molar-refractivity contribution is 6.05. The molecule has 6 nitrogen and oxygen atoms in total. The summed E-state index contributed by atoms with van der Waals surface area (Å²) in [5.74, 6) is 0.817. The largest absolute Gasteiger partial charge is 0.497 e. The van der Waals surface area contributed by atoms with E-state index in [9.17, 15) is 9.59 Å². The lowest BCUT2D eigenvalue weighted by molar-refractivity contribution is 0.103. The van der Waals surface area contributed by atoms with Crippen molar-refractivity contribution in [2.75, 3.05) is 14.2 Å². The Kier molecular flexibility index (Phi) is 4.61. The molecule has 3 aromatic rings. The molecule has 0 aliphatic carbocycles. The first-order valence-electron chi connectivity index (χ1n) is 7.56. The second kappa shape index (κ2) is 7.00. The number of hydrogen-bond acceptors (Lipinski definition) is 5. The molecule has 0 radical (unpaired) electrons. The van der Waals surface area contributed by atoms with Gasteiger partial charge in [0.05, 0.1) is 25.1 Å². The molecule has 3 rings (SSSR count). The van der Waals surface area contributed by atoms with E-state index < -0.39 is 5.78 Å². The first-order chi connectivity index (χ1) is 12.1. The second-order valence-corrected chi connectivity index (χ2v) is 5.24. The van der Waals surface area contributed by atoms with Crippen molar-refractivity contribution in [1.29, 1.82) is 0 Å². The Balaban J connectivity index is 1.92. The van der Waals surface area contributed by atoms with Crippen molar-refractivity contribution >= 4 is 22.8 Å². The number of fused-ring (bicyclic) bond motifs is 1. The Morgan fingerprint density at radius 2 is 1.92 bits per heavy atom. The maximum Gasteiger partial charge on any atom is 0.259 e. The molecule has 0 aliphatic heterocycles. The number of nitrogens with one attached hydrogen (secondary N) is 1. The molecule has 126 valence electrons. The third kappa shape index (κ3) is 3.42. The number of aromatic nitrogens is 2. The molecule has 0 saturated carbocycles. The minimum absolute atomic E-state index is 0.00701. The van der Waals surface area contributed by atoms with Gasteiger partial charge in [-0.05, 0) is 36.4 Å². The van der Waals surface area contributed by atoms with Crippen LogP contribution in [0.1, 0.15) is 16.2 Å². The highest BCUT2D eigenvalue weighted by Gasteiger charge is 2.09. The van der Waals surface area contributed by atoms with Crippen LogP contribution in [0.2, 0.25) is 0 Å². The zero-order valence-corrected chi connectivity index (χ0v) is 13.8. The molecule has 6 heteroatoms. The van der Waals surface area contributed by atoms with E-state index in [0.29, 0.717) is 28.0 Å². The second-order valence-electron chi connectivity index (χ2n) is 5.24. The number of carbonyl (C=O) groups is 1. The Bertz CT molecular complexity index is 1020.